The molecule has 0 spiro atoms. The second-order valence-corrected chi connectivity index (χ2v) is 5.27. The predicted octanol–water partition coefficient (Wildman–Crippen LogP) is 3.81. The van der Waals surface area contributed by atoms with E-state index in [4.69, 9.17) is 9.15 Å². The van der Waals surface area contributed by atoms with E-state index in [1.54, 1.807) is 7.11 Å². The van der Waals surface area contributed by atoms with Crippen LogP contribution in [0.5, 0.6) is 0 Å². The van der Waals surface area contributed by atoms with E-state index in [9.17, 15) is 0 Å². The van der Waals surface area contributed by atoms with Crippen LogP contribution in [0, 0.1) is 6.92 Å². The molecule has 0 saturated heterocycles. The zero-order valence-electron chi connectivity index (χ0n) is 11.4. The summed E-state index contributed by atoms with van der Waals surface area (Å²) in [6.07, 6.45) is 0. The smallest absolute Gasteiger partial charge is 0.129 e. The highest BCUT2D eigenvalue weighted by molar-refractivity contribution is 9.10. The topological polar surface area (TPSA) is 34.4 Å². The van der Waals surface area contributed by atoms with Gasteiger partial charge in [-0.05, 0) is 43.3 Å². The van der Waals surface area contributed by atoms with Gasteiger partial charge in [0.2, 0.25) is 0 Å². The summed E-state index contributed by atoms with van der Waals surface area (Å²) in [7, 11) is 3.60. The molecule has 2 rings (SSSR count). The fourth-order valence-electron chi connectivity index (χ4n) is 2.16. The average molecular weight is 324 g/mol. The molecular formula is C15H18BrNO2. The van der Waals surface area contributed by atoms with Crippen molar-refractivity contribution < 1.29 is 9.15 Å². The first-order chi connectivity index (χ1) is 9.17. The standard InChI is InChI=1S/C15H18BrNO2/c1-10-12(5-4-6-13(10)16)15(17-2)14-8-7-11(19-14)9-18-3/h4-8,15,17H,9H2,1-3H3. The van der Waals surface area contributed by atoms with Crippen molar-refractivity contribution in [1.82, 2.24) is 5.32 Å². The summed E-state index contributed by atoms with van der Waals surface area (Å²) in [5.41, 5.74) is 2.42. The van der Waals surface area contributed by atoms with Crippen molar-refractivity contribution in [3.05, 3.63) is 57.5 Å². The van der Waals surface area contributed by atoms with E-state index in [1.807, 2.05) is 31.3 Å². The maximum atomic E-state index is 5.82. The van der Waals surface area contributed by atoms with Crippen LogP contribution in [0.1, 0.15) is 28.7 Å². The number of hydrogen-bond acceptors (Lipinski definition) is 3. The van der Waals surface area contributed by atoms with E-state index >= 15 is 0 Å². The van der Waals surface area contributed by atoms with E-state index in [0.717, 1.165) is 16.0 Å². The molecule has 0 fully saturated rings. The Hall–Kier alpha value is -1.10. The number of benzene rings is 1. The van der Waals surface area contributed by atoms with E-state index in [-0.39, 0.29) is 6.04 Å². The molecule has 0 radical (unpaired) electrons. The molecule has 0 aliphatic rings. The van der Waals surface area contributed by atoms with Crippen molar-refractivity contribution in [3.63, 3.8) is 0 Å². The Labute approximate surface area is 122 Å². The first kappa shape index (κ1) is 14.3. The molecule has 102 valence electrons. The van der Waals surface area contributed by atoms with Crippen LogP contribution in [-0.4, -0.2) is 14.2 Å². The lowest BCUT2D eigenvalue weighted by Gasteiger charge is -2.17. The van der Waals surface area contributed by atoms with Crippen molar-refractivity contribution >= 4 is 15.9 Å². The maximum Gasteiger partial charge on any atom is 0.129 e. The molecule has 0 saturated carbocycles. The highest BCUT2D eigenvalue weighted by Gasteiger charge is 2.18. The minimum absolute atomic E-state index is 0.0445. The summed E-state index contributed by atoms with van der Waals surface area (Å²) in [5, 5.41) is 3.30. The summed E-state index contributed by atoms with van der Waals surface area (Å²) in [4.78, 5) is 0. The molecule has 0 aliphatic heterocycles. The number of nitrogens with one attached hydrogen (secondary N) is 1. The molecule has 0 bridgehead atoms. The zero-order chi connectivity index (χ0) is 13.8. The molecule has 0 amide bonds. The lowest BCUT2D eigenvalue weighted by molar-refractivity contribution is 0.162. The summed E-state index contributed by atoms with van der Waals surface area (Å²) in [6, 6.07) is 10.2. The highest BCUT2D eigenvalue weighted by Crippen LogP contribution is 2.29. The fraction of sp³-hybridized carbons (Fsp3) is 0.333. The van der Waals surface area contributed by atoms with Gasteiger partial charge in [-0.25, -0.2) is 0 Å². The van der Waals surface area contributed by atoms with Crippen LogP contribution in [0.4, 0.5) is 0 Å². The lowest BCUT2D eigenvalue weighted by atomic mass is 10.00. The largest absolute Gasteiger partial charge is 0.462 e. The van der Waals surface area contributed by atoms with Gasteiger partial charge in [0, 0.05) is 11.6 Å². The Morgan fingerprint density at radius 1 is 1.32 bits per heavy atom. The van der Waals surface area contributed by atoms with Gasteiger partial charge < -0.3 is 14.5 Å². The third-order valence-corrected chi connectivity index (χ3v) is 4.02. The molecule has 19 heavy (non-hydrogen) atoms. The van der Waals surface area contributed by atoms with Crippen LogP contribution in [0.15, 0.2) is 39.2 Å². The monoisotopic (exact) mass is 323 g/mol. The molecule has 2 aromatic rings. The SMILES string of the molecule is CNC(c1ccc(COC)o1)c1cccc(Br)c1C. The lowest BCUT2D eigenvalue weighted by Crippen LogP contribution is -2.18. The average Bonchev–Trinajstić information content (AvgIpc) is 2.84. The highest BCUT2D eigenvalue weighted by atomic mass is 79.9. The van der Waals surface area contributed by atoms with Crippen molar-refractivity contribution in [2.24, 2.45) is 0 Å². The van der Waals surface area contributed by atoms with Gasteiger partial charge in [-0.2, -0.15) is 0 Å². The maximum absolute atomic E-state index is 5.82. The normalized spacial score (nSPS) is 12.6. The fourth-order valence-corrected chi connectivity index (χ4v) is 2.54. The van der Waals surface area contributed by atoms with Crippen LogP contribution in [0.3, 0.4) is 0 Å². The Bertz CT molecular complexity index is 551. The van der Waals surface area contributed by atoms with Crippen LogP contribution in [0.2, 0.25) is 0 Å². The van der Waals surface area contributed by atoms with Gasteiger partial charge in [0.1, 0.15) is 18.1 Å². The molecule has 1 heterocycles. The van der Waals surface area contributed by atoms with Crippen molar-refractivity contribution in [2.45, 2.75) is 19.6 Å². The summed E-state index contributed by atoms with van der Waals surface area (Å²) < 4.78 is 12.0. The third-order valence-electron chi connectivity index (χ3n) is 3.16. The number of hydrogen-bond donors (Lipinski definition) is 1. The number of ether oxygens (including phenoxy) is 1. The molecule has 0 aliphatic carbocycles. The number of halogens is 1. The first-order valence-electron chi connectivity index (χ1n) is 6.17. The van der Waals surface area contributed by atoms with Gasteiger partial charge in [-0.15, -0.1) is 0 Å². The second kappa shape index (κ2) is 6.37. The molecule has 1 aromatic carbocycles. The van der Waals surface area contributed by atoms with Crippen molar-refractivity contribution in [2.75, 3.05) is 14.2 Å². The quantitative estimate of drug-likeness (QED) is 0.908. The van der Waals surface area contributed by atoms with Crippen molar-refractivity contribution in [1.29, 1.82) is 0 Å². The molecule has 1 N–H and O–H groups in total. The number of methoxy groups -OCH3 is 1. The number of furan rings is 1. The summed E-state index contributed by atoms with van der Waals surface area (Å²) in [6.45, 7) is 2.59. The molecular weight excluding hydrogens is 306 g/mol. The van der Waals surface area contributed by atoms with Gasteiger partial charge in [0.05, 0.1) is 6.04 Å². The van der Waals surface area contributed by atoms with Crippen LogP contribution >= 0.6 is 15.9 Å². The Kier molecular flexibility index (Phi) is 4.80. The minimum Gasteiger partial charge on any atom is -0.462 e. The van der Waals surface area contributed by atoms with Crippen LogP contribution in [0.25, 0.3) is 0 Å². The molecule has 3 nitrogen and oxygen atoms in total. The van der Waals surface area contributed by atoms with E-state index in [0.29, 0.717) is 6.61 Å². The van der Waals surface area contributed by atoms with E-state index in [2.05, 4.69) is 34.2 Å². The molecule has 1 atom stereocenters. The Balaban J connectivity index is 2.35. The second-order valence-electron chi connectivity index (χ2n) is 4.41. The van der Waals surface area contributed by atoms with E-state index < -0.39 is 0 Å². The molecule has 1 unspecified atom stereocenters. The van der Waals surface area contributed by atoms with Gasteiger partial charge in [-0.3, -0.25) is 0 Å². The Morgan fingerprint density at radius 3 is 2.79 bits per heavy atom. The molecule has 4 heteroatoms. The predicted molar refractivity (Wildman–Crippen MR) is 79.2 cm³/mol. The van der Waals surface area contributed by atoms with Gasteiger partial charge in [0.15, 0.2) is 0 Å². The van der Waals surface area contributed by atoms with Gasteiger partial charge in [-0.1, -0.05) is 28.1 Å². The minimum atomic E-state index is 0.0445. The molecule has 1 aromatic heterocycles. The van der Waals surface area contributed by atoms with Gasteiger partial charge in [0.25, 0.3) is 0 Å². The van der Waals surface area contributed by atoms with E-state index in [1.165, 1.54) is 11.1 Å². The summed E-state index contributed by atoms with van der Waals surface area (Å²) in [5.74, 6) is 1.74. The third kappa shape index (κ3) is 3.08. The zero-order valence-corrected chi connectivity index (χ0v) is 13.0. The number of rotatable bonds is 5. The first-order valence-corrected chi connectivity index (χ1v) is 6.96. The van der Waals surface area contributed by atoms with Crippen molar-refractivity contribution in [3.8, 4) is 0 Å². The summed E-state index contributed by atoms with van der Waals surface area (Å²) >= 11 is 3.57. The van der Waals surface area contributed by atoms with Crippen LogP contribution < -0.4 is 5.32 Å². The Morgan fingerprint density at radius 2 is 2.11 bits per heavy atom. The van der Waals surface area contributed by atoms with Gasteiger partial charge >= 0.3 is 0 Å². The van der Waals surface area contributed by atoms with Crippen LogP contribution in [-0.2, 0) is 11.3 Å².